The van der Waals surface area contributed by atoms with Crippen LogP contribution in [0.3, 0.4) is 0 Å². The van der Waals surface area contributed by atoms with Gasteiger partial charge in [0.1, 0.15) is 23.8 Å². The number of carbonyl (C=O) groups is 2. The lowest BCUT2D eigenvalue weighted by Gasteiger charge is -2.49. The summed E-state index contributed by atoms with van der Waals surface area (Å²) in [4.78, 5) is 26.6. The van der Waals surface area contributed by atoms with Crippen molar-refractivity contribution in [2.45, 2.75) is 58.1 Å². The molecule has 0 spiro atoms. The molecule has 1 aliphatic carbocycles. The maximum atomic E-state index is 13.4. The minimum Gasteiger partial charge on any atom is -0.486 e. The molecule has 2 aliphatic heterocycles. The first-order valence-corrected chi connectivity index (χ1v) is 10.1. The lowest BCUT2D eigenvalue weighted by atomic mass is 9.70. The number of rotatable bonds is 5. The minimum absolute atomic E-state index is 0.0169. The molecule has 3 fully saturated rings. The largest absolute Gasteiger partial charge is 0.486 e. The van der Waals surface area contributed by atoms with Gasteiger partial charge in [0.25, 0.3) is 0 Å². The van der Waals surface area contributed by atoms with Gasteiger partial charge in [-0.1, -0.05) is 11.6 Å². The molecule has 4 rings (SSSR count). The van der Waals surface area contributed by atoms with Gasteiger partial charge in [-0.25, -0.2) is 9.18 Å². The van der Waals surface area contributed by atoms with E-state index in [0.717, 1.165) is 19.3 Å². The first-order chi connectivity index (χ1) is 13.1. The van der Waals surface area contributed by atoms with E-state index in [1.807, 2.05) is 25.7 Å². The normalized spacial score (nSPS) is 24.2. The van der Waals surface area contributed by atoms with Crippen LogP contribution in [0.5, 0.6) is 5.75 Å². The molecule has 2 heterocycles. The molecular formula is C21H27ClFNO4. The number of hydrogen-bond acceptors (Lipinski definition) is 4. The van der Waals surface area contributed by atoms with Gasteiger partial charge < -0.3 is 14.4 Å². The summed E-state index contributed by atoms with van der Waals surface area (Å²) in [5, 5.41) is 0.0199. The van der Waals surface area contributed by atoms with Gasteiger partial charge in [-0.15, -0.1) is 0 Å². The topological polar surface area (TPSA) is 55.8 Å². The molecular weight excluding hydrogens is 385 g/mol. The van der Waals surface area contributed by atoms with Crippen molar-refractivity contribution in [2.24, 2.45) is 11.8 Å². The molecule has 3 atom stereocenters. The SMILES string of the molecule is CC(C)(C)OC(=O)N1CC2CCC1CC2CC(=O)COc1ccc(Cl)c(F)c1. The van der Waals surface area contributed by atoms with Crippen molar-refractivity contribution >= 4 is 23.5 Å². The van der Waals surface area contributed by atoms with Crippen molar-refractivity contribution in [3.8, 4) is 5.75 Å². The van der Waals surface area contributed by atoms with Gasteiger partial charge in [-0.05, 0) is 64.0 Å². The quantitative estimate of drug-likeness (QED) is 0.694. The number of benzene rings is 1. The molecule has 7 heteroatoms. The van der Waals surface area contributed by atoms with Gasteiger partial charge in [0, 0.05) is 25.1 Å². The Hall–Kier alpha value is -1.82. The molecule has 3 unspecified atom stereocenters. The fourth-order valence-corrected chi connectivity index (χ4v) is 4.22. The molecule has 154 valence electrons. The predicted octanol–water partition coefficient (Wildman–Crippen LogP) is 4.85. The molecule has 0 N–H and O–H groups in total. The van der Waals surface area contributed by atoms with Crippen LogP contribution >= 0.6 is 11.6 Å². The van der Waals surface area contributed by atoms with Crippen molar-refractivity contribution in [2.75, 3.05) is 13.2 Å². The summed E-state index contributed by atoms with van der Waals surface area (Å²) < 4.78 is 24.4. The third-order valence-electron chi connectivity index (χ3n) is 5.39. The molecule has 1 saturated carbocycles. The minimum atomic E-state index is -0.571. The number of ketones is 1. The van der Waals surface area contributed by atoms with Crippen LogP contribution in [0.15, 0.2) is 18.2 Å². The van der Waals surface area contributed by atoms with E-state index in [-0.39, 0.29) is 41.2 Å². The van der Waals surface area contributed by atoms with Crippen molar-refractivity contribution in [3.05, 3.63) is 29.0 Å². The maximum absolute atomic E-state index is 13.4. The zero-order valence-corrected chi connectivity index (χ0v) is 17.3. The van der Waals surface area contributed by atoms with E-state index in [9.17, 15) is 14.0 Å². The molecule has 0 radical (unpaired) electrons. The van der Waals surface area contributed by atoms with Gasteiger partial charge in [0.2, 0.25) is 0 Å². The van der Waals surface area contributed by atoms with Gasteiger partial charge in [0.15, 0.2) is 5.78 Å². The van der Waals surface area contributed by atoms with Gasteiger partial charge >= 0.3 is 6.09 Å². The molecule has 5 nitrogen and oxygen atoms in total. The van der Waals surface area contributed by atoms with Crippen molar-refractivity contribution in [3.63, 3.8) is 0 Å². The van der Waals surface area contributed by atoms with E-state index in [0.29, 0.717) is 18.9 Å². The van der Waals surface area contributed by atoms with Crippen LogP contribution in [0.1, 0.15) is 46.5 Å². The van der Waals surface area contributed by atoms with Crippen LogP contribution in [0.2, 0.25) is 5.02 Å². The highest BCUT2D eigenvalue weighted by atomic mass is 35.5. The Kier molecular flexibility index (Phi) is 6.18. The number of fused-ring (bicyclic) bond motifs is 3. The van der Waals surface area contributed by atoms with Gasteiger partial charge in [-0.2, -0.15) is 0 Å². The van der Waals surface area contributed by atoms with Crippen LogP contribution in [0.25, 0.3) is 0 Å². The predicted molar refractivity (Wildman–Crippen MR) is 104 cm³/mol. The zero-order valence-electron chi connectivity index (χ0n) is 16.5. The summed E-state index contributed by atoms with van der Waals surface area (Å²) in [6.07, 6.45) is 2.94. The number of amides is 1. The number of piperidine rings is 2. The average Bonchev–Trinajstić information content (AvgIpc) is 2.62. The maximum Gasteiger partial charge on any atom is 0.410 e. The Morgan fingerprint density at radius 3 is 2.64 bits per heavy atom. The molecule has 1 aromatic rings. The van der Waals surface area contributed by atoms with Crippen molar-refractivity contribution in [1.82, 2.24) is 4.90 Å². The highest BCUT2D eigenvalue weighted by Gasteiger charge is 2.44. The second-order valence-electron chi connectivity index (χ2n) is 8.73. The fourth-order valence-electron chi connectivity index (χ4n) is 4.10. The molecule has 1 amide bonds. The van der Waals surface area contributed by atoms with Crippen LogP contribution in [0, 0.1) is 17.7 Å². The molecule has 2 bridgehead atoms. The zero-order chi connectivity index (χ0) is 20.5. The molecule has 3 aliphatic rings. The third kappa shape index (κ3) is 5.16. The van der Waals surface area contributed by atoms with Crippen LogP contribution in [0.4, 0.5) is 9.18 Å². The van der Waals surface area contributed by atoms with Crippen molar-refractivity contribution in [1.29, 1.82) is 0 Å². The van der Waals surface area contributed by atoms with E-state index in [4.69, 9.17) is 21.1 Å². The fraction of sp³-hybridized carbons (Fsp3) is 0.619. The highest BCUT2D eigenvalue weighted by molar-refractivity contribution is 6.30. The number of halogens is 2. The number of nitrogens with zero attached hydrogens (tertiary/aromatic N) is 1. The highest BCUT2D eigenvalue weighted by Crippen LogP contribution is 2.41. The first-order valence-electron chi connectivity index (χ1n) is 9.71. The monoisotopic (exact) mass is 411 g/mol. The van der Waals surface area contributed by atoms with Crippen LogP contribution < -0.4 is 4.74 Å². The summed E-state index contributed by atoms with van der Waals surface area (Å²) in [5.74, 6) is 0.247. The lowest BCUT2D eigenvalue weighted by molar-refractivity contribution is -0.123. The summed E-state index contributed by atoms with van der Waals surface area (Å²) in [5.41, 5.74) is -0.512. The third-order valence-corrected chi connectivity index (χ3v) is 5.70. The summed E-state index contributed by atoms with van der Waals surface area (Å²) in [6.45, 7) is 6.13. The Bertz CT molecular complexity index is 748. The summed E-state index contributed by atoms with van der Waals surface area (Å²) in [6, 6.07) is 4.25. The Balaban J connectivity index is 1.50. The Morgan fingerprint density at radius 2 is 2.04 bits per heavy atom. The average molecular weight is 412 g/mol. The second-order valence-corrected chi connectivity index (χ2v) is 9.13. The van der Waals surface area contributed by atoms with E-state index in [2.05, 4.69) is 0 Å². The van der Waals surface area contributed by atoms with E-state index in [1.165, 1.54) is 12.1 Å². The van der Waals surface area contributed by atoms with E-state index < -0.39 is 11.4 Å². The molecule has 2 saturated heterocycles. The number of ether oxygens (including phenoxy) is 2. The van der Waals surface area contributed by atoms with E-state index in [1.54, 1.807) is 6.07 Å². The summed E-state index contributed by atoms with van der Waals surface area (Å²) >= 11 is 5.64. The van der Waals surface area contributed by atoms with Gasteiger partial charge in [0.05, 0.1) is 5.02 Å². The standard InChI is InChI=1S/C21H27ClFNO4/c1-21(2,3)28-20(26)24-11-13-4-5-15(24)8-14(13)9-16(25)12-27-17-6-7-18(22)19(23)10-17/h6-7,10,13-15H,4-5,8-9,11-12H2,1-3H3. The smallest absolute Gasteiger partial charge is 0.410 e. The Morgan fingerprint density at radius 1 is 1.29 bits per heavy atom. The first kappa shape index (κ1) is 20.9. The number of Topliss-reactive ketones (excluding diaryl/α,β-unsaturated/α-hetero) is 1. The molecule has 0 aromatic heterocycles. The molecule has 1 aromatic carbocycles. The van der Waals surface area contributed by atoms with Gasteiger partial charge in [-0.3, -0.25) is 4.79 Å². The number of carbonyl (C=O) groups excluding carboxylic acids is 2. The molecule has 28 heavy (non-hydrogen) atoms. The van der Waals surface area contributed by atoms with Crippen LogP contribution in [-0.4, -0.2) is 41.6 Å². The number of hydrogen-bond donors (Lipinski definition) is 0. The van der Waals surface area contributed by atoms with Crippen LogP contribution in [-0.2, 0) is 9.53 Å². The Labute approximate surface area is 170 Å². The van der Waals surface area contributed by atoms with Crippen molar-refractivity contribution < 1.29 is 23.5 Å². The summed E-state index contributed by atoms with van der Waals surface area (Å²) in [7, 11) is 0. The second kappa shape index (κ2) is 8.27. The van der Waals surface area contributed by atoms with E-state index >= 15 is 0 Å². The lowest BCUT2D eigenvalue weighted by Crippen LogP contribution is -2.55.